The van der Waals surface area contributed by atoms with E-state index in [1.165, 1.54) is 77.0 Å². The van der Waals surface area contributed by atoms with Crippen molar-refractivity contribution in [1.82, 2.24) is 29.8 Å². The van der Waals surface area contributed by atoms with Crippen LogP contribution in [-0.4, -0.2) is 59.1 Å². The molecule has 0 amide bonds. The first-order valence-corrected chi connectivity index (χ1v) is 17.0. The Bertz CT molecular complexity index is 2280. The molecule has 2 N–H and O–H groups in total. The maximum atomic E-state index is 14.1. The van der Waals surface area contributed by atoms with Crippen molar-refractivity contribution in [2.24, 2.45) is 0 Å². The van der Waals surface area contributed by atoms with Gasteiger partial charge in [-0.1, -0.05) is 18.2 Å². The first-order valence-electron chi connectivity index (χ1n) is 14.6. The van der Waals surface area contributed by atoms with Gasteiger partial charge in [0.15, 0.2) is 10.8 Å². The number of hydrogen-bond acceptors (Lipinski definition) is 11. The average molecular weight is 691 g/mol. The maximum absolute atomic E-state index is 14.1. The van der Waals surface area contributed by atoms with Crippen LogP contribution >= 0.6 is 11.3 Å². The number of anilines is 3. The Balaban J connectivity index is 1.27. The molecule has 0 unspecified atom stereocenters. The van der Waals surface area contributed by atoms with Gasteiger partial charge >= 0.3 is 6.18 Å². The molecule has 1 aliphatic rings. The molecule has 1 fully saturated rings. The fraction of sp³-hybridized carbons (Fsp3) is 0.156. The summed E-state index contributed by atoms with van der Waals surface area (Å²) in [7, 11) is -3.82. The third kappa shape index (κ3) is 6.00. The van der Waals surface area contributed by atoms with E-state index >= 15 is 0 Å². The van der Waals surface area contributed by atoms with Crippen molar-refractivity contribution >= 4 is 49.5 Å². The molecule has 0 radical (unpaired) electrons. The van der Waals surface area contributed by atoms with Crippen LogP contribution in [0.25, 0.3) is 27.4 Å². The smallest absolute Gasteiger partial charge is 0.368 e. The second-order valence-corrected chi connectivity index (χ2v) is 13.6. The SMILES string of the molecule is O=c1c(-c2ccc(S(=O)(=O)c3ccccc3)cn2)cc2cnc(Nc3ccc(N4CCNCC4)c(C(F)(F)F)c3)nc2n1-c1nccs1. The monoisotopic (exact) mass is 690 g/mol. The molecule has 244 valence electrons. The van der Waals surface area contributed by atoms with Crippen LogP contribution in [0.1, 0.15) is 5.56 Å². The average Bonchev–Trinajstić information content (AvgIpc) is 3.63. The second kappa shape index (κ2) is 12.4. The maximum Gasteiger partial charge on any atom is 0.418 e. The Hall–Kier alpha value is -5.19. The summed E-state index contributed by atoms with van der Waals surface area (Å²) >= 11 is 1.18. The van der Waals surface area contributed by atoms with Crippen LogP contribution in [0.3, 0.4) is 0 Å². The van der Waals surface area contributed by atoms with E-state index in [1.807, 2.05) is 0 Å². The van der Waals surface area contributed by atoms with Gasteiger partial charge in [-0.2, -0.15) is 18.2 Å². The topological polar surface area (TPSA) is 135 Å². The van der Waals surface area contributed by atoms with Crippen molar-refractivity contribution in [3.63, 3.8) is 0 Å². The lowest BCUT2D eigenvalue weighted by atomic mass is 10.1. The minimum atomic E-state index is -4.60. The molecule has 2 aromatic carbocycles. The fourth-order valence-electron chi connectivity index (χ4n) is 5.43. The van der Waals surface area contributed by atoms with Gasteiger partial charge < -0.3 is 15.5 Å². The van der Waals surface area contributed by atoms with E-state index in [4.69, 9.17) is 0 Å². The van der Waals surface area contributed by atoms with Crippen molar-refractivity contribution in [1.29, 1.82) is 0 Å². The van der Waals surface area contributed by atoms with Crippen molar-refractivity contribution in [3.8, 4) is 16.4 Å². The number of rotatable bonds is 7. The molecule has 1 saturated heterocycles. The largest absolute Gasteiger partial charge is 0.418 e. The predicted octanol–water partition coefficient (Wildman–Crippen LogP) is 5.30. The summed E-state index contributed by atoms with van der Waals surface area (Å²) in [6, 6.07) is 16.3. The summed E-state index contributed by atoms with van der Waals surface area (Å²) < 4.78 is 69.8. The zero-order chi connectivity index (χ0) is 33.5. The van der Waals surface area contributed by atoms with E-state index in [-0.39, 0.29) is 44.0 Å². The molecule has 11 nitrogen and oxygen atoms in total. The van der Waals surface area contributed by atoms with Gasteiger partial charge in [0.05, 0.1) is 26.6 Å². The van der Waals surface area contributed by atoms with Crippen molar-refractivity contribution in [2.75, 3.05) is 36.4 Å². The molecule has 16 heteroatoms. The van der Waals surface area contributed by atoms with Crippen LogP contribution < -0.4 is 21.1 Å². The van der Waals surface area contributed by atoms with Gasteiger partial charge in [0.2, 0.25) is 15.8 Å². The van der Waals surface area contributed by atoms with Gasteiger partial charge in [-0.15, -0.1) is 11.3 Å². The predicted molar refractivity (Wildman–Crippen MR) is 176 cm³/mol. The Morgan fingerprint density at radius 3 is 2.38 bits per heavy atom. The van der Waals surface area contributed by atoms with Gasteiger partial charge in [-0.3, -0.25) is 9.78 Å². The summed E-state index contributed by atoms with van der Waals surface area (Å²) in [5.41, 5.74) is -0.585. The van der Waals surface area contributed by atoms with E-state index < -0.39 is 27.1 Å². The number of fused-ring (bicyclic) bond motifs is 1. The molecule has 0 bridgehead atoms. The van der Waals surface area contributed by atoms with E-state index in [0.717, 1.165) is 6.07 Å². The summed E-state index contributed by atoms with van der Waals surface area (Å²) in [5, 5.41) is 8.38. The van der Waals surface area contributed by atoms with Gasteiger partial charge in [0, 0.05) is 66.9 Å². The number of nitrogens with zero attached hydrogens (tertiary/aromatic N) is 6. The number of hydrogen-bond donors (Lipinski definition) is 2. The normalized spacial score (nSPS) is 13.9. The van der Waals surface area contributed by atoms with E-state index in [0.29, 0.717) is 36.7 Å². The summed E-state index contributed by atoms with van der Waals surface area (Å²) in [4.78, 5) is 33.2. The highest BCUT2D eigenvalue weighted by Crippen LogP contribution is 2.39. The fourth-order valence-corrected chi connectivity index (χ4v) is 7.30. The lowest BCUT2D eigenvalue weighted by Crippen LogP contribution is -2.44. The zero-order valence-electron chi connectivity index (χ0n) is 24.8. The summed E-state index contributed by atoms with van der Waals surface area (Å²) in [5.74, 6) is -0.0309. The molecule has 0 atom stereocenters. The van der Waals surface area contributed by atoms with E-state index in [9.17, 15) is 26.4 Å². The third-order valence-corrected chi connectivity index (χ3v) is 10.3. The van der Waals surface area contributed by atoms with Crippen LogP contribution in [0, 0.1) is 0 Å². The number of halogens is 3. The number of piperazine rings is 1. The van der Waals surface area contributed by atoms with Crippen LogP contribution in [0.2, 0.25) is 0 Å². The lowest BCUT2D eigenvalue weighted by molar-refractivity contribution is -0.137. The molecule has 7 rings (SSSR count). The molecule has 0 spiro atoms. The number of aromatic nitrogens is 5. The second-order valence-electron chi connectivity index (χ2n) is 10.8. The molecule has 48 heavy (non-hydrogen) atoms. The molecule has 6 aromatic rings. The number of thiazole rings is 1. The molecule has 0 saturated carbocycles. The summed E-state index contributed by atoms with van der Waals surface area (Å²) in [6.07, 6.45) is -0.444. The Labute approximate surface area is 275 Å². The van der Waals surface area contributed by atoms with E-state index in [2.05, 4.69) is 30.6 Å². The number of pyridine rings is 2. The van der Waals surface area contributed by atoms with Gasteiger partial charge in [0.1, 0.15) is 0 Å². The highest BCUT2D eigenvalue weighted by Gasteiger charge is 2.35. The minimum Gasteiger partial charge on any atom is -0.368 e. The minimum absolute atomic E-state index is 0.0309. The highest BCUT2D eigenvalue weighted by atomic mass is 32.2. The van der Waals surface area contributed by atoms with Gasteiger partial charge in [-0.25, -0.2) is 23.0 Å². The van der Waals surface area contributed by atoms with Crippen LogP contribution in [0.4, 0.5) is 30.5 Å². The first kappa shape index (κ1) is 31.4. The number of nitrogens with one attached hydrogen (secondary N) is 2. The third-order valence-electron chi connectivity index (χ3n) is 7.74. The van der Waals surface area contributed by atoms with Crippen molar-refractivity contribution < 1.29 is 21.6 Å². The number of benzene rings is 2. The van der Waals surface area contributed by atoms with Crippen molar-refractivity contribution in [2.45, 2.75) is 16.0 Å². The summed E-state index contributed by atoms with van der Waals surface area (Å²) in [6.45, 7) is 2.07. The lowest BCUT2D eigenvalue weighted by Gasteiger charge is -2.31. The highest BCUT2D eigenvalue weighted by molar-refractivity contribution is 7.91. The first-order chi connectivity index (χ1) is 23.1. The molecular weight excluding hydrogens is 666 g/mol. The van der Waals surface area contributed by atoms with Crippen LogP contribution in [-0.2, 0) is 16.0 Å². The molecule has 5 heterocycles. The number of sulfone groups is 1. The Morgan fingerprint density at radius 1 is 0.896 bits per heavy atom. The number of alkyl halides is 3. The Kier molecular flexibility index (Phi) is 8.14. The molecule has 1 aliphatic heterocycles. The standard InChI is InChI=1S/C32H25F3N8O3S2/c33-32(34,35)25-17-21(6-9-27(25)42-13-10-36-11-14-42)40-30-39-18-20-16-24(29(44)43(28(20)41-30)31-37-12-15-47-31)26-8-7-23(19-38-26)48(45,46)22-4-2-1-3-5-22/h1-9,12,15-19,36H,10-11,13-14H2,(H,39,40,41). The van der Waals surface area contributed by atoms with Gasteiger partial charge in [-0.05, 0) is 48.5 Å². The van der Waals surface area contributed by atoms with Crippen LogP contribution in [0.15, 0.2) is 105 Å². The molecule has 4 aromatic heterocycles. The van der Waals surface area contributed by atoms with Crippen LogP contribution in [0.5, 0.6) is 0 Å². The molecule has 0 aliphatic carbocycles. The van der Waals surface area contributed by atoms with E-state index in [1.54, 1.807) is 28.5 Å². The zero-order valence-corrected chi connectivity index (χ0v) is 26.5. The van der Waals surface area contributed by atoms with Crippen molar-refractivity contribution in [3.05, 3.63) is 107 Å². The molecular formula is C32H25F3N8O3S2. The Morgan fingerprint density at radius 2 is 1.69 bits per heavy atom. The van der Waals surface area contributed by atoms with Gasteiger partial charge in [0.25, 0.3) is 5.56 Å². The quantitative estimate of drug-likeness (QED) is 0.227.